The lowest BCUT2D eigenvalue weighted by Crippen LogP contribution is -2.19. The molecule has 0 saturated heterocycles. The molecule has 3 N–H and O–H groups in total. The second kappa shape index (κ2) is 9.27. The number of hydrogen-bond donors (Lipinski definition) is 3. The topological polar surface area (TPSA) is 87.3 Å². The normalized spacial score (nSPS) is 11.7. The molecule has 0 fully saturated rings. The number of rotatable bonds is 5. The van der Waals surface area contributed by atoms with Crippen LogP contribution < -0.4 is 15.4 Å². The Kier molecular flexibility index (Phi) is 6.87. The van der Waals surface area contributed by atoms with E-state index in [2.05, 4.69) is 15.4 Å². The molecule has 0 radical (unpaired) electrons. The molecule has 0 aliphatic heterocycles. The summed E-state index contributed by atoms with van der Waals surface area (Å²) < 4.78 is 66.1. The fourth-order valence-corrected chi connectivity index (χ4v) is 4.06. The molecule has 3 aromatic carbocycles. The molecule has 0 aliphatic carbocycles. The molecule has 0 aliphatic rings. The first kappa shape index (κ1) is 23.7. The van der Waals surface area contributed by atoms with Crippen LogP contribution in [-0.2, 0) is 16.2 Å². The van der Waals surface area contributed by atoms with Gasteiger partial charge >= 0.3 is 12.2 Å². The van der Waals surface area contributed by atoms with Crippen LogP contribution in [0.25, 0.3) is 0 Å². The zero-order valence-corrected chi connectivity index (χ0v) is 18.2. The zero-order chi connectivity index (χ0) is 23.5. The lowest BCUT2D eigenvalue weighted by Gasteiger charge is -2.13. The molecule has 0 atom stereocenters. The molecule has 2 amide bonds. The van der Waals surface area contributed by atoms with E-state index in [1.807, 2.05) is 0 Å². The predicted molar refractivity (Wildman–Crippen MR) is 118 cm³/mol. The molecular weight excluding hydrogens is 490 g/mol. The van der Waals surface area contributed by atoms with Crippen molar-refractivity contribution < 1.29 is 26.4 Å². The highest BCUT2D eigenvalue weighted by Gasteiger charge is 2.33. The average molecular weight is 504 g/mol. The Bertz CT molecular complexity index is 1250. The number of sulfonamides is 1. The molecule has 3 rings (SSSR count). The van der Waals surface area contributed by atoms with Gasteiger partial charge in [-0.15, -0.1) is 0 Å². The first-order chi connectivity index (χ1) is 14.9. The number of halogens is 5. The molecular formula is C20H14Cl2F3N3O3S. The molecule has 32 heavy (non-hydrogen) atoms. The van der Waals surface area contributed by atoms with Gasteiger partial charge in [0.05, 0.1) is 15.5 Å². The van der Waals surface area contributed by atoms with E-state index < -0.39 is 32.8 Å². The third-order valence-corrected chi connectivity index (χ3v) is 5.99. The fraction of sp³-hybridized carbons (Fsp3) is 0.0500. The number of anilines is 3. The maximum absolute atomic E-state index is 13.0. The highest BCUT2D eigenvalue weighted by atomic mass is 35.5. The molecule has 12 heteroatoms. The van der Waals surface area contributed by atoms with Gasteiger partial charge in [0, 0.05) is 22.1 Å². The minimum absolute atomic E-state index is 0.221. The summed E-state index contributed by atoms with van der Waals surface area (Å²) >= 11 is 11.4. The fourth-order valence-electron chi connectivity index (χ4n) is 2.60. The van der Waals surface area contributed by atoms with Crippen LogP contribution in [0.5, 0.6) is 0 Å². The predicted octanol–water partition coefficient (Wildman–Crippen LogP) is 6.46. The van der Waals surface area contributed by atoms with Crippen molar-refractivity contribution in [1.29, 1.82) is 0 Å². The van der Waals surface area contributed by atoms with Crippen molar-refractivity contribution in [2.75, 3.05) is 15.4 Å². The molecule has 3 aromatic rings. The summed E-state index contributed by atoms with van der Waals surface area (Å²) in [6.45, 7) is 0. The van der Waals surface area contributed by atoms with E-state index in [-0.39, 0.29) is 16.3 Å². The van der Waals surface area contributed by atoms with Crippen molar-refractivity contribution in [2.24, 2.45) is 0 Å². The first-order valence-corrected chi connectivity index (χ1v) is 11.0. The third-order valence-electron chi connectivity index (χ3n) is 4.03. The minimum atomic E-state index is -4.74. The van der Waals surface area contributed by atoms with Crippen molar-refractivity contribution >= 4 is 56.3 Å². The Morgan fingerprint density at radius 1 is 0.812 bits per heavy atom. The summed E-state index contributed by atoms with van der Waals surface area (Å²) in [6, 6.07) is 13.6. The van der Waals surface area contributed by atoms with Gasteiger partial charge in [-0.05, 0) is 60.7 Å². The monoisotopic (exact) mass is 503 g/mol. The van der Waals surface area contributed by atoms with Gasteiger partial charge in [0.15, 0.2) is 0 Å². The zero-order valence-electron chi connectivity index (χ0n) is 15.9. The molecule has 0 bridgehead atoms. The largest absolute Gasteiger partial charge is 0.417 e. The van der Waals surface area contributed by atoms with Crippen LogP contribution in [0.3, 0.4) is 0 Å². The number of hydrogen-bond acceptors (Lipinski definition) is 3. The van der Waals surface area contributed by atoms with Gasteiger partial charge in [-0.2, -0.15) is 13.2 Å². The molecule has 168 valence electrons. The lowest BCUT2D eigenvalue weighted by molar-refractivity contribution is -0.137. The molecule has 6 nitrogen and oxygen atoms in total. The SMILES string of the molecule is O=C(Nc1ccc(S(=O)(=O)Nc2ccc(Cl)c(C(F)(F)F)c2)cc1)Nc1cccc(Cl)c1. The van der Waals surface area contributed by atoms with Crippen molar-refractivity contribution in [3.8, 4) is 0 Å². The maximum atomic E-state index is 13.0. The molecule has 0 spiro atoms. The quantitative estimate of drug-likeness (QED) is 0.373. The second-order valence-corrected chi connectivity index (χ2v) is 8.94. The molecule has 0 heterocycles. The van der Waals surface area contributed by atoms with E-state index in [1.165, 1.54) is 24.3 Å². The summed E-state index contributed by atoms with van der Waals surface area (Å²) in [6.07, 6.45) is -4.74. The lowest BCUT2D eigenvalue weighted by atomic mass is 10.2. The number of urea groups is 1. The van der Waals surface area contributed by atoms with Crippen LogP contribution in [-0.4, -0.2) is 14.4 Å². The van der Waals surface area contributed by atoms with Gasteiger partial charge in [-0.25, -0.2) is 13.2 Å². The van der Waals surface area contributed by atoms with Crippen LogP contribution in [0, 0.1) is 0 Å². The Balaban J connectivity index is 1.70. The summed E-state index contributed by atoms with van der Waals surface area (Å²) in [5, 5.41) is 4.97. The van der Waals surface area contributed by atoms with E-state index in [0.717, 1.165) is 12.1 Å². The summed E-state index contributed by atoms with van der Waals surface area (Å²) in [5.74, 6) is 0. The van der Waals surface area contributed by atoms with Gasteiger partial charge < -0.3 is 10.6 Å². The molecule has 0 aromatic heterocycles. The van der Waals surface area contributed by atoms with E-state index in [0.29, 0.717) is 16.8 Å². The van der Waals surface area contributed by atoms with Crippen molar-refractivity contribution in [2.45, 2.75) is 11.1 Å². The van der Waals surface area contributed by atoms with Crippen LogP contribution in [0.4, 0.5) is 35.0 Å². The standard InChI is InChI=1S/C20H14Cl2F3N3O3S/c21-12-2-1-3-14(10-12)27-19(29)26-13-4-7-16(8-5-13)32(30,31)28-15-6-9-18(22)17(11-15)20(23,24)25/h1-11,28H,(H2,26,27,29). The summed E-state index contributed by atoms with van der Waals surface area (Å²) in [4.78, 5) is 11.8. The van der Waals surface area contributed by atoms with Crippen molar-refractivity contribution in [3.63, 3.8) is 0 Å². The van der Waals surface area contributed by atoms with Gasteiger partial charge in [0.2, 0.25) is 0 Å². The summed E-state index contributed by atoms with van der Waals surface area (Å²) in [5.41, 5.74) is -0.719. The average Bonchev–Trinajstić information content (AvgIpc) is 2.69. The van der Waals surface area contributed by atoms with Gasteiger partial charge in [0.1, 0.15) is 0 Å². The number of carbonyl (C=O) groups excluding carboxylic acids is 1. The van der Waals surface area contributed by atoms with Gasteiger partial charge in [-0.1, -0.05) is 29.3 Å². The highest BCUT2D eigenvalue weighted by molar-refractivity contribution is 7.92. The minimum Gasteiger partial charge on any atom is -0.308 e. The Hall–Kier alpha value is -2.95. The smallest absolute Gasteiger partial charge is 0.308 e. The van der Waals surface area contributed by atoms with Crippen molar-refractivity contribution in [1.82, 2.24) is 0 Å². The van der Waals surface area contributed by atoms with Crippen LogP contribution in [0.15, 0.2) is 71.6 Å². The Morgan fingerprint density at radius 3 is 2.06 bits per heavy atom. The Morgan fingerprint density at radius 2 is 1.44 bits per heavy atom. The van der Waals surface area contributed by atoms with Crippen LogP contribution >= 0.6 is 23.2 Å². The number of alkyl halides is 3. The number of benzene rings is 3. The van der Waals surface area contributed by atoms with Gasteiger partial charge in [-0.3, -0.25) is 4.72 Å². The number of amides is 2. The van der Waals surface area contributed by atoms with Crippen LogP contribution in [0.1, 0.15) is 5.56 Å². The summed E-state index contributed by atoms with van der Waals surface area (Å²) in [7, 11) is -4.19. The highest BCUT2D eigenvalue weighted by Crippen LogP contribution is 2.36. The van der Waals surface area contributed by atoms with E-state index in [1.54, 1.807) is 24.3 Å². The van der Waals surface area contributed by atoms with Gasteiger partial charge in [0.25, 0.3) is 10.0 Å². The molecule has 0 unspecified atom stereocenters. The Labute approximate surface area is 191 Å². The van der Waals surface area contributed by atoms with E-state index in [9.17, 15) is 26.4 Å². The number of nitrogens with one attached hydrogen (secondary N) is 3. The van der Waals surface area contributed by atoms with Crippen molar-refractivity contribution in [3.05, 3.63) is 82.3 Å². The van der Waals surface area contributed by atoms with E-state index in [4.69, 9.17) is 23.2 Å². The van der Waals surface area contributed by atoms with E-state index >= 15 is 0 Å². The number of carbonyl (C=O) groups is 1. The van der Waals surface area contributed by atoms with Crippen LogP contribution in [0.2, 0.25) is 10.0 Å². The second-order valence-electron chi connectivity index (χ2n) is 6.41. The first-order valence-electron chi connectivity index (χ1n) is 8.77. The third kappa shape index (κ3) is 6.06. The maximum Gasteiger partial charge on any atom is 0.417 e. The molecule has 0 saturated carbocycles.